The Hall–Kier alpha value is -1.90. The molecule has 0 radical (unpaired) electrons. The van der Waals surface area contributed by atoms with Crippen LogP contribution >= 0.6 is 0 Å². The zero-order valence-electron chi connectivity index (χ0n) is 18.4. The molecule has 1 unspecified atom stereocenters. The van der Waals surface area contributed by atoms with E-state index in [0.717, 1.165) is 35.9 Å². The van der Waals surface area contributed by atoms with Gasteiger partial charge in [-0.15, -0.1) is 0 Å². The number of ether oxygens (including phenoxy) is 1. The molecule has 0 aliphatic heterocycles. The van der Waals surface area contributed by atoms with Gasteiger partial charge in [0.1, 0.15) is 5.60 Å². The largest absolute Gasteiger partial charge is 0.456 e. The molecule has 1 aromatic heterocycles. The highest BCUT2D eigenvalue weighted by Crippen LogP contribution is 2.30. The number of carbonyl (C=O) groups is 1. The lowest BCUT2D eigenvalue weighted by atomic mass is 9.91. The maximum absolute atomic E-state index is 12.9. The summed E-state index contributed by atoms with van der Waals surface area (Å²) in [6.07, 6.45) is 9.75. The Kier molecular flexibility index (Phi) is 8.47. The first kappa shape index (κ1) is 22.4. The maximum Gasteiger partial charge on any atom is 0.339 e. The van der Waals surface area contributed by atoms with E-state index >= 15 is 0 Å². The molecule has 0 bridgehead atoms. The van der Waals surface area contributed by atoms with Gasteiger partial charge in [0.2, 0.25) is 0 Å². The first-order valence-electron chi connectivity index (χ1n) is 11.0. The first-order chi connectivity index (χ1) is 13.4. The van der Waals surface area contributed by atoms with Crippen molar-refractivity contribution in [3.05, 3.63) is 41.6 Å². The minimum absolute atomic E-state index is 0.259. The van der Waals surface area contributed by atoms with Crippen LogP contribution in [0, 0.1) is 0 Å². The molecule has 0 N–H and O–H groups in total. The van der Waals surface area contributed by atoms with E-state index in [1.165, 1.54) is 32.1 Å². The van der Waals surface area contributed by atoms with E-state index in [4.69, 9.17) is 9.72 Å². The van der Waals surface area contributed by atoms with Crippen LogP contribution in [0.3, 0.4) is 0 Å². The van der Waals surface area contributed by atoms with Crippen LogP contribution in [0.1, 0.15) is 108 Å². The van der Waals surface area contributed by atoms with Gasteiger partial charge < -0.3 is 4.74 Å². The highest BCUT2D eigenvalue weighted by molar-refractivity contribution is 6.03. The van der Waals surface area contributed by atoms with Crippen LogP contribution in [0.2, 0.25) is 0 Å². The van der Waals surface area contributed by atoms with Crippen molar-refractivity contribution in [1.82, 2.24) is 4.98 Å². The van der Waals surface area contributed by atoms with E-state index in [2.05, 4.69) is 13.8 Å². The number of rotatable bonds is 10. The third kappa shape index (κ3) is 6.61. The lowest BCUT2D eigenvalue weighted by Gasteiger charge is -2.21. The second-order valence-electron chi connectivity index (χ2n) is 8.80. The molecule has 1 heterocycles. The van der Waals surface area contributed by atoms with Crippen LogP contribution in [0.25, 0.3) is 10.9 Å². The van der Waals surface area contributed by atoms with Crippen LogP contribution in [-0.4, -0.2) is 16.6 Å². The highest BCUT2D eigenvalue weighted by atomic mass is 16.6. The topological polar surface area (TPSA) is 39.2 Å². The molecule has 3 nitrogen and oxygen atoms in total. The fourth-order valence-electron chi connectivity index (χ4n) is 3.69. The Labute approximate surface area is 170 Å². The zero-order valence-corrected chi connectivity index (χ0v) is 18.4. The molecule has 3 heteroatoms. The summed E-state index contributed by atoms with van der Waals surface area (Å²) in [5, 5.41) is 0.874. The number of para-hydroxylation sites is 1. The Morgan fingerprint density at radius 2 is 1.71 bits per heavy atom. The van der Waals surface area contributed by atoms with Crippen LogP contribution in [0.4, 0.5) is 0 Å². The van der Waals surface area contributed by atoms with Crippen LogP contribution in [0.5, 0.6) is 0 Å². The molecule has 0 saturated carbocycles. The minimum atomic E-state index is -0.510. The minimum Gasteiger partial charge on any atom is -0.456 e. The van der Waals surface area contributed by atoms with E-state index in [1.807, 2.05) is 51.1 Å². The summed E-state index contributed by atoms with van der Waals surface area (Å²) in [5.74, 6) is 0.142. The fourth-order valence-corrected chi connectivity index (χ4v) is 3.69. The lowest BCUT2D eigenvalue weighted by molar-refractivity contribution is 0.00716. The quantitative estimate of drug-likeness (QED) is 0.316. The van der Waals surface area contributed by atoms with Crippen LogP contribution in [-0.2, 0) is 4.74 Å². The molecule has 2 rings (SSSR count). The number of fused-ring (bicyclic) bond motifs is 1. The molecule has 0 spiro atoms. The average Bonchev–Trinajstić information content (AvgIpc) is 2.64. The molecule has 0 amide bonds. The van der Waals surface area contributed by atoms with Crippen molar-refractivity contribution in [2.45, 2.75) is 97.5 Å². The van der Waals surface area contributed by atoms with E-state index in [9.17, 15) is 4.79 Å². The second kappa shape index (κ2) is 10.6. The molecule has 0 fully saturated rings. The number of unbranched alkanes of at least 4 members (excludes halogenated alkanes) is 4. The van der Waals surface area contributed by atoms with Gasteiger partial charge in [-0.1, -0.05) is 70.6 Å². The Bertz CT molecular complexity index is 761. The van der Waals surface area contributed by atoms with Crippen molar-refractivity contribution >= 4 is 16.9 Å². The predicted octanol–water partition coefficient (Wildman–Crippen LogP) is 7.43. The number of carbonyl (C=O) groups excluding carboxylic acids is 1. The lowest BCUT2D eigenvalue weighted by Crippen LogP contribution is -2.24. The van der Waals surface area contributed by atoms with E-state index < -0.39 is 5.60 Å². The molecule has 2 aromatic rings. The molecular weight excluding hydrogens is 346 g/mol. The van der Waals surface area contributed by atoms with Crippen molar-refractivity contribution in [2.75, 3.05) is 0 Å². The van der Waals surface area contributed by atoms with Crippen LogP contribution < -0.4 is 0 Å². The molecule has 0 aliphatic rings. The Balaban J connectivity index is 2.32. The monoisotopic (exact) mass is 383 g/mol. The molecular formula is C25H37NO2. The average molecular weight is 384 g/mol. The third-order valence-electron chi connectivity index (χ3n) is 5.07. The molecule has 28 heavy (non-hydrogen) atoms. The van der Waals surface area contributed by atoms with E-state index in [-0.39, 0.29) is 5.97 Å². The standard InChI is InChI=1S/C25H37NO2/c1-6-8-9-10-11-15-19(14-7-2)23-18-21(24(27)28-25(3,4)5)20-16-12-13-17-22(20)26-23/h12-13,16-19H,6-11,14-15H2,1-5H3. The second-order valence-corrected chi connectivity index (χ2v) is 8.80. The summed E-state index contributed by atoms with van der Waals surface area (Å²) in [6.45, 7) is 10.2. The summed E-state index contributed by atoms with van der Waals surface area (Å²) >= 11 is 0. The molecule has 154 valence electrons. The molecule has 1 aromatic carbocycles. The molecule has 0 saturated heterocycles. The highest BCUT2D eigenvalue weighted by Gasteiger charge is 2.22. The first-order valence-corrected chi connectivity index (χ1v) is 11.0. The number of esters is 1. The number of benzene rings is 1. The van der Waals surface area contributed by atoms with Gasteiger partial charge in [0.25, 0.3) is 0 Å². The number of aromatic nitrogens is 1. The van der Waals surface area contributed by atoms with Crippen LogP contribution in [0.15, 0.2) is 30.3 Å². The van der Waals surface area contributed by atoms with Gasteiger partial charge in [-0.05, 0) is 45.7 Å². The van der Waals surface area contributed by atoms with Crippen molar-refractivity contribution in [3.8, 4) is 0 Å². The van der Waals surface area contributed by atoms with E-state index in [1.54, 1.807) is 0 Å². The van der Waals surface area contributed by atoms with Gasteiger partial charge >= 0.3 is 5.97 Å². The van der Waals surface area contributed by atoms with Crippen molar-refractivity contribution in [1.29, 1.82) is 0 Å². The van der Waals surface area contributed by atoms with Gasteiger partial charge in [0.05, 0.1) is 11.1 Å². The van der Waals surface area contributed by atoms with Gasteiger partial charge in [0.15, 0.2) is 0 Å². The number of hydrogen-bond acceptors (Lipinski definition) is 3. The summed E-state index contributed by atoms with van der Waals surface area (Å²) < 4.78 is 5.69. The summed E-state index contributed by atoms with van der Waals surface area (Å²) in [5.41, 5.74) is 2.05. The van der Waals surface area contributed by atoms with Gasteiger partial charge in [-0.2, -0.15) is 0 Å². The molecule has 0 aliphatic carbocycles. The van der Waals surface area contributed by atoms with Gasteiger partial charge in [-0.25, -0.2) is 4.79 Å². The molecule has 1 atom stereocenters. The maximum atomic E-state index is 12.9. The Morgan fingerprint density at radius 3 is 2.39 bits per heavy atom. The third-order valence-corrected chi connectivity index (χ3v) is 5.07. The van der Waals surface area contributed by atoms with E-state index in [0.29, 0.717) is 11.5 Å². The van der Waals surface area contributed by atoms with Crippen molar-refractivity contribution in [2.24, 2.45) is 0 Å². The zero-order chi connectivity index (χ0) is 20.6. The SMILES string of the molecule is CCCCCCCC(CCC)c1cc(C(=O)OC(C)(C)C)c2ccccc2n1. The van der Waals surface area contributed by atoms with Gasteiger partial charge in [0, 0.05) is 17.0 Å². The van der Waals surface area contributed by atoms with Gasteiger partial charge in [-0.3, -0.25) is 4.98 Å². The normalized spacial score (nSPS) is 12.9. The number of pyridine rings is 1. The summed E-state index contributed by atoms with van der Waals surface area (Å²) in [4.78, 5) is 17.8. The summed E-state index contributed by atoms with van der Waals surface area (Å²) in [7, 11) is 0. The van der Waals surface area contributed by atoms with Crippen molar-refractivity contribution in [3.63, 3.8) is 0 Å². The predicted molar refractivity (Wildman–Crippen MR) is 118 cm³/mol. The van der Waals surface area contributed by atoms with Crippen molar-refractivity contribution < 1.29 is 9.53 Å². The fraction of sp³-hybridized carbons (Fsp3) is 0.600. The summed E-state index contributed by atoms with van der Waals surface area (Å²) in [6, 6.07) is 9.89. The smallest absolute Gasteiger partial charge is 0.339 e. The number of hydrogen-bond donors (Lipinski definition) is 0. The number of nitrogens with zero attached hydrogens (tertiary/aromatic N) is 1. The Morgan fingerprint density at radius 1 is 1.00 bits per heavy atom.